The largest absolute Gasteiger partial charge is 0.485 e. The number of terminal acetylenes is 1. The normalized spacial score (nSPS) is 16.3. The van der Waals surface area contributed by atoms with Crippen molar-refractivity contribution >= 4 is 27.5 Å². The van der Waals surface area contributed by atoms with Gasteiger partial charge in [0.2, 0.25) is 6.10 Å². The highest BCUT2D eigenvalue weighted by atomic mass is 32.1. The monoisotopic (exact) mass is 378 g/mol. The number of amides is 1. The first-order valence-corrected chi connectivity index (χ1v) is 9.39. The molecule has 0 spiro atoms. The first-order valence-electron chi connectivity index (χ1n) is 8.58. The Morgan fingerprint density at radius 3 is 2.89 bits per heavy atom. The number of carbonyl (C=O) groups excluding carboxylic acids is 1. The molecule has 0 N–H and O–H groups in total. The van der Waals surface area contributed by atoms with Crippen LogP contribution in [-0.4, -0.2) is 23.2 Å². The van der Waals surface area contributed by atoms with E-state index in [1.165, 1.54) is 11.3 Å². The zero-order valence-corrected chi connectivity index (χ0v) is 15.9. The molecule has 1 amide bonds. The molecule has 0 aliphatic carbocycles. The molecule has 2 heterocycles. The number of ether oxygens (including phenoxy) is 2. The molecule has 136 valence electrons. The van der Waals surface area contributed by atoms with Gasteiger partial charge in [-0.3, -0.25) is 4.79 Å². The number of rotatable bonds is 2. The summed E-state index contributed by atoms with van der Waals surface area (Å²) in [4.78, 5) is 17.6. The van der Waals surface area contributed by atoms with E-state index in [2.05, 4.69) is 23.0 Å². The van der Waals surface area contributed by atoms with Crippen molar-refractivity contribution in [2.45, 2.75) is 26.5 Å². The van der Waals surface area contributed by atoms with Crippen LogP contribution in [0.1, 0.15) is 11.1 Å². The molecule has 4 rings (SSSR count). The lowest BCUT2D eigenvalue weighted by atomic mass is 10.1. The molecule has 0 bridgehead atoms. The second-order valence-electron chi connectivity index (χ2n) is 6.42. The zero-order valence-electron chi connectivity index (χ0n) is 15.1. The third-order valence-corrected chi connectivity index (χ3v) is 5.58. The maximum absolute atomic E-state index is 12.7. The van der Waals surface area contributed by atoms with Gasteiger partial charge in [0.15, 0.2) is 16.3 Å². The fourth-order valence-electron chi connectivity index (χ4n) is 3.15. The van der Waals surface area contributed by atoms with Crippen molar-refractivity contribution in [2.75, 3.05) is 6.61 Å². The van der Waals surface area contributed by atoms with Crippen molar-refractivity contribution in [2.24, 2.45) is 4.99 Å². The summed E-state index contributed by atoms with van der Waals surface area (Å²) in [5.74, 6) is 3.46. The van der Waals surface area contributed by atoms with Crippen LogP contribution in [0.2, 0.25) is 0 Å². The van der Waals surface area contributed by atoms with Gasteiger partial charge in [0.05, 0.1) is 16.8 Å². The van der Waals surface area contributed by atoms with Gasteiger partial charge >= 0.3 is 0 Å². The van der Waals surface area contributed by atoms with Gasteiger partial charge in [-0.2, -0.15) is 4.99 Å². The number of para-hydroxylation sites is 2. The SMILES string of the molecule is C#CCn1c(=NC(=O)[C@H]2COc3ccccc3O2)sc2c(C)cc(C)cc21. The van der Waals surface area contributed by atoms with Crippen LogP contribution in [0.4, 0.5) is 0 Å². The van der Waals surface area contributed by atoms with Crippen LogP contribution in [0.25, 0.3) is 10.2 Å². The van der Waals surface area contributed by atoms with Crippen molar-refractivity contribution in [3.63, 3.8) is 0 Å². The minimum Gasteiger partial charge on any atom is -0.485 e. The molecule has 0 saturated carbocycles. The summed E-state index contributed by atoms with van der Waals surface area (Å²) in [5, 5.41) is 0. The van der Waals surface area contributed by atoms with Crippen LogP contribution in [0, 0.1) is 26.2 Å². The molecule has 6 heteroatoms. The van der Waals surface area contributed by atoms with Gasteiger partial charge in [-0.1, -0.05) is 35.5 Å². The van der Waals surface area contributed by atoms with Gasteiger partial charge in [0.1, 0.15) is 6.61 Å². The van der Waals surface area contributed by atoms with Gasteiger partial charge in [0, 0.05) is 0 Å². The van der Waals surface area contributed by atoms with Crippen LogP contribution in [0.3, 0.4) is 0 Å². The molecule has 0 fully saturated rings. The Morgan fingerprint density at radius 2 is 2.11 bits per heavy atom. The minimum absolute atomic E-state index is 0.136. The van der Waals surface area contributed by atoms with E-state index in [0.29, 0.717) is 22.8 Å². The average Bonchev–Trinajstić information content (AvgIpc) is 2.99. The predicted octanol–water partition coefficient (Wildman–Crippen LogP) is 3.22. The standard InChI is InChI=1S/C21H18N2O3S/c1-4-9-23-15-11-13(2)10-14(3)19(15)27-21(23)22-20(24)18-12-25-16-7-5-6-8-17(16)26-18/h1,5-8,10-11,18H,9,12H2,2-3H3/t18-/m1/s1. The van der Waals surface area contributed by atoms with E-state index in [0.717, 1.165) is 21.3 Å². The summed E-state index contributed by atoms with van der Waals surface area (Å²) in [6.07, 6.45) is 4.77. The van der Waals surface area contributed by atoms with Crippen LogP contribution >= 0.6 is 11.3 Å². The highest BCUT2D eigenvalue weighted by Crippen LogP contribution is 2.31. The molecule has 0 radical (unpaired) electrons. The number of fused-ring (bicyclic) bond motifs is 2. The molecule has 1 aromatic heterocycles. The molecule has 1 aliphatic rings. The third-order valence-electron chi connectivity index (χ3n) is 4.35. The Balaban J connectivity index is 1.74. The number of aryl methyl sites for hydroxylation is 2. The summed E-state index contributed by atoms with van der Waals surface area (Å²) in [5.41, 5.74) is 3.27. The number of aromatic nitrogens is 1. The Bertz CT molecular complexity index is 1150. The van der Waals surface area contributed by atoms with Gasteiger partial charge < -0.3 is 14.0 Å². The van der Waals surface area contributed by atoms with E-state index in [1.54, 1.807) is 6.07 Å². The van der Waals surface area contributed by atoms with Crippen molar-refractivity contribution in [3.8, 4) is 23.8 Å². The lowest BCUT2D eigenvalue weighted by Gasteiger charge is -2.23. The van der Waals surface area contributed by atoms with E-state index < -0.39 is 6.10 Å². The van der Waals surface area contributed by atoms with Crippen molar-refractivity contribution in [1.82, 2.24) is 4.57 Å². The number of benzene rings is 2. The van der Waals surface area contributed by atoms with E-state index in [-0.39, 0.29) is 12.5 Å². The lowest BCUT2D eigenvalue weighted by Crippen LogP contribution is -2.36. The second kappa shape index (κ2) is 6.93. The lowest BCUT2D eigenvalue weighted by molar-refractivity contribution is -0.127. The Morgan fingerprint density at radius 1 is 1.33 bits per heavy atom. The molecular formula is C21H18N2O3S. The zero-order chi connectivity index (χ0) is 19.0. The fourth-order valence-corrected chi connectivity index (χ4v) is 4.23. The first-order chi connectivity index (χ1) is 13.1. The Hall–Kier alpha value is -3.04. The molecule has 1 aliphatic heterocycles. The van der Waals surface area contributed by atoms with Crippen molar-refractivity contribution in [1.29, 1.82) is 0 Å². The molecule has 0 unspecified atom stereocenters. The van der Waals surface area contributed by atoms with E-state index in [1.807, 2.05) is 36.6 Å². The summed E-state index contributed by atoms with van der Waals surface area (Å²) in [7, 11) is 0. The van der Waals surface area contributed by atoms with E-state index in [9.17, 15) is 4.79 Å². The number of nitrogens with zero attached hydrogens (tertiary/aromatic N) is 2. The summed E-state index contributed by atoms with van der Waals surface area (Å²) >= 11 is 1.46. The summed E-state index contributed by atoms with van der Waals surface area (Å²) < 4.78 is 14.4. The molecule has 1 atom stereocenters. The number of hydrogen-bond acceptors (Lipinski definition) is 4. The van der Waals surface area contributed by atoms with Crippen molar-refractivity contribution < 1.29 is 14.3 Å². The molecule has 27 heavy (non-hydrogen) atoms. The van der Waals surface area contributed by atoms with Crippen LogP contribution in [0.5, 0.6) is 11.5 Å². The number of thiazole rings is 1. The molecular weight excluding hydrogens is 360 g/mol. The van der Waals surface area contributed by atoms with Gasteiger partial charge in [-0.15, -0.1) is 6.42 Å². The number of carbonyl (C=O) groups is 1. The third kappa shape index (κ3) is 3.22. The Kier molecular flexibility index (Phi) is 4.46. The smallest absolute Gasteiger partial charge is 0.292 e. The van der Waals surface area contributed by atoms with Crippen LogP contribution in [0.15, 0.2) is 41.4 Å². The average molecular weight is 378 g/mol. The van der Waals surface area contributed by atoms with Crippen LogP contribution < -0.4 is 14.3 Å². The highest BCUT2D eigenvalue weighted by molar-refractivity contribution is 7.16. The van der Waals surface area contributed by atoms with Gasteiger partial charge in [-0.25, -0.2) is 0 Å². The van der Waals surface area contributed by atoms with Crippen LogP contribution in [-0.2, 0) is 11.3 Å². The van der Waals surface area contributed by atoms with E-state index >= 15 is 0 Å². The summed E-state index contributed by atoms with van der Waals surface area (Å²) in [6.45, 7) is 4.57. The van der Waals surface area contributed by atoms with Gasteiger partial charge in [0.25, 0.3) is 5.91 Å². The predicted molar refractivity (Wildman–Crippen MR) is 105 cm³/mol. The minimum atomic E-state index is -0.771. The molecule has 2 aromatic carbocycles. The van der Waals surface area contributed by atoms with E-state index in [4.69, 9.17) is 15.9 Å². The van der Waals surface area contributed by atoms with Gasteiger partial charge in [-0.05, 0) is 43.2 Å². The summed E-state index contributed by atoms with van der Waals surface area (Å²) in [6, 6.07) is 11.5. The topological polar surface area (TPSA) is 52.8 Å². The first kappa shape index (κ1) is 17.4. The quantitative estimate of drug-likeness (QED) is 0.644. The second-order valence-corrected chi connectivity index (χ2v) is 7.40. The maximum atomic E-state index is 12.7. The Labute approximate surface area is 160 Å². The highest BCUT2D eigenvalue weighted by Gasteiger charge is 2.27. The molecule has 0 saturated heterocycles. The fraction of sp³-hybridized carbons (Fsp3) is 0.238. The molecule has 3 aromatic rings. The number of hydrogen-bond donors (Lipinski definition) is 0. The molecule has 5 nitrogen and oxygen atoms in total. The maximum Gasteiger partial charge on any atom is 0.292 e. The van der Waals surface area contributed by atoms with Crippen molar-refractivity contribution in [3.05, 3.63) is 52.3 Å².